The lowest BCUT2D eigenvalue weighted by atomic mass is 10.1. The van der Waals surface area contributed by atoms with Crippen LogP contribution < -0.4 is 5.32 Å². The van der Waals surface area contributed by atoms with E-state index < -0.39 is 30.5 Å². The highest BCUT2D eigenvalue weighted by Crippen LogP contribution is 2.22. The summed E-state index contributed by atoms with van der Waals surface area (Å²) in [5.74, 6) is -2.40. The Kier molecular flexibility index (Phi) is 5.48. The van der Waals surface area contributed by atoms with Crippen LogP contribution in [0.2, 0.25) is 0 Å². The molecule has 1 aromatic carbocycles. The van der Waals surface area contributed by atoms with Gasteiger partial charge in [-0.1, -0.05) is 18.2 Å². The van der Waals surface area contributed by atoms with Gasteiger partial charge in [-0.25, -0.2) is 4.79 Å². The van der Waals surface area contributed by atoms with E-state index in [4.69, 9.17) is 5.11 Å². The lowest BCUT2D eigenvalue weighted by molar-refractivity contribution is -0.160. The summed E-state index contributed by atoms with van der Waals surface area (Å²) in [7, 11) is 0. The van der Waals surface area contributed by atoms with Crippen LogP contribution in [0.15, 0.2) is 30.5 Å². The molecule has 3 N–H and O–H groups in total. The average Bonchev–Trinajstić information content (AvgIpc) is 2.88. The highest BCUT2D eigenvalue weighted by Gasteiger charge is 2.36. The van der Waals surface area contributed by atoms with Crippen LogP contribution in [0.3, 0.4) is 0 Å². The van der Waals surface area contributed by atoms with Crippen molar-refractivity contribution in [3.8, 4) is 0 Å². The maximum Gasteiger partial charge on any atom is 0.391 e. The van der Waals surface area contributed by atoms with Gasteiger partial charge in [0.15, 0.2) is 0 Å². The molecule has 0 spiro atoms. The van der Waals surface area contributed by atoms with E-state index in [2.05, 4.69) is 4.98 Å². The number of rotatable bonds is 7. The first-order chi connectivity index (χ1) is 11.3. The smallest absolute Gasteiger partial charge is 0.391 e. The lowest BCUT2D eigenvalue weighted by Crippen LogP contribution is -2.43. The topological polar surface area (TPSA) is 82.2 Å². The minimum Gasteiger partial charge on any atom is -0.480 e. The van der Waals surface area contributed by atoms with E-state index in [1.807, 2.05) is 35.8 Å². The number of aryl methyl sites for hydroxylation is 1. The number of nitrogens with one attached hydrogen (secondary N) is 2. The number of alkyl halides is 3. The fraction of sp³-hybridized carbons (Fsp3) is 0.375. The summed E-state index contributed by atoms with van der Waals surface area (Å²) in [6.07, 6.45) is -3.48. The Hall–Kier alpha value is -2.51. The number of para-hydroxylation sites is 1. The molecule has 1 unspecified atom stereocenters. The number of halogens is 3. The van der Waals surface area contributed by atoms with Gasteiger partial charge in [-0.3, -0.25) is 4.79 Å². The first-order valence-electron chi connectivity index (χ1n) is 7.40. The van der Waals surface area contributed by atoms with Gasteiger partial charge >= 0.3 is 12.1 Å². The monoisotopic (exact) mass is 342 g/mol. The lowest BCUT2D eigenvalue weighted by Gasteiger charge is -2.16. The van der Waals surface area contributed by atoms with Crippen molar-refractivity contribution in [1.29, 1.82) is 0 Å². The maximum absolute atomic E-state index is 12.3. The number of benzene rings is 1. The molecule has 0 saturated heterocycles. The Labute approximate surface area is 135 Å². The number of carboxylic acid groups (broad SMARTS) is 1. The van der Waals surface area contributed by atoms with Crippen LogP contribution in [-0.4, -0.2) is 34.2 Å². The highest BCUT2D eigenvalue weighted by molar-refractivity contribution is 5.84. The number of aliphatic carboxylic acids is 1. The van der Waals surface area contributed by atoms with Crippen molar-refractivity contribution in [2.75, 3.05) is 0 Å². The molecular formula is C16H17F3N2O3. The number of carbonyl (C=O) groups excluding carboxylic acids is 1. The summed E-state index contributed by atoms with van der Waals surface area (Å²) in [6.45, 7) is 0. The Morgan fingerprint density at radius 3 is 2.62 bits per heavy atom. The van der Waals surface area contributed by atoms with Crippen LogP contribution in [-0.2, 0) is 16.0 Å². The molecule has 0 bridgehead atoms. The molecule has 1 heterocycles. The SMILES string of the molecule is O=C(CCCc1c[nH]c2ccccc12)NC(CC(F)(F)F)C(=O)O. The van der Waals surface area contributed by atoms with E-state index in [-0.39, 0.29) is 6.42 Å². The molecule has 0 aliphatic heterocycles. The van der Waals surface area contributed by atoms with Gasteiger partial charge in [0, 0.05) is 23.5 Å². The number of hydrogen-bond donors (Lipinski definition) is 3. The first kappa shape index (κ1) is 17.8. The molecule has 8 heteroatoms. The zero-order chi connectivity index (χ0) is 17.7. The second-order valence-corrected chi connectivity index (χ2v) is 5.49. The Balaban J connectivity index is 1.85. The zero-order valence-corrected chi connectivity index (χ0v) is 12.7. The second kappa shape index (κ2) is 7.37. The third kappa shape index (κ3) is 5.00. The van der Waals surface area contributed by atoms with Crippen LogP contribution in [0.25, 0.3) is 10.9 Å². The van der Waals surface area contributed by atoms with Crippen molar-refractivity contribution in [2.45, 2.75) is 37.9 Å². The van der Waals surface area contributed by atoms with Crippen LogP contribution in [0.4, 0.5) is 13.2 Å². The van der Waals surface area contributed by atoms with Gasteiger partial charge in [-0.15, -0.1) is 0 Å². The molecule has 5 nitrogen and oxygen atoms in total. The van der Waals surface area contributed by atoms with E-state index in [0.29, 0.717) is 12.8 Å². The molecule has 1 amide bonds. The van der Waals surface area contributed by atoms with Crippen molar-refractivity contribution in [3.63, 3.8) is 0 Å². The molecule has 2 rings (SSSR count). The number of aromatic amines is 1. The number of hydrogen-bond acceptors (Lipinski definition) is 2. The van der Waals surface area contributed by atoms with Crippen molar-refractivity contribution >= 4 is 22.8 Å². The van der Waals surface area contributed by atoms with Gasteiger partial charge in [0.1, 0.15) is 6.04 Å². The number of carboxylic acids is 1. The van der Waals surface area contributed by atoms with Crippen LogP contribution >= 0.6 is 0 Å². The van der Waals surface area contributed by atoms with Crippen LogP contribution in [0.1, 0.15) is 24.8 Å². The van der Waals surface area contributed by atoms with E-state index in [1.54, 1.807) is 0 Å². The Bertz CT molecular complexity index is 725. The molecule has 0 aliphatic carbocycles. The van der Waals surface area contributed by atoms with Crippen LogP contribution in [0.5, 0.6) is 0 Å². The fourth-order valence-corrected chi connectivity index (χ4v) is 2.48. The molecule has 1 aromatic heterocycles. The summed E-state index contributed by atoms with van der Waals surface area (Å²) in [6, 6.07) is 5.68. The number of carbonyl (C=O) groups is 2. The molecule has 0 fully saturated rings. The van der Waals surface area contributed by atoms with Gasteiger partial charge < -0.3 is 15.4 Å². The van der Waals surface area contributed by atoms with Gasteiger partial charge in [0.2, 0.25) is 5.91 Å². The average molecular weight is 342 g/mol. The molecular weight excluding hydrogens is 325 g/mol. The van der Waals surface area contributed by atoms with E-state index in [1.165, 1.54) is 0 Å². The molecule has 130 valence electrons. The van der Waals surface area contributed by atoms with Gasteiger partial charge in [0.05, 0.1) is 6.42 Å². The maximum atomic E-state index is 12.3. The number of aromatic nitrogens is 1. The van der Waals surface area contributed by atoms with Crippen LogP contribution in [0, 0.1) is 0 Å². The summed E-state index contributed by atoms with van der Waals surface area (Å²) >= 11 is 0. The van der Waals surface area contributed by atoms with E-state index in [0.717, 1.165) is 16.5 Å². The van der Waals surface area contributed by atoms with Gasteiger partial charge in [-0.05, 0) is 24.5 Å². The Morgan fingerprint density at radius 2 is 1.96 bits per heavy atom. The predicted octanol–water partition coefficient (Wildman–Crippen LogP) is 3.01. The summed E-state index contributed by atoms with van der Waals surface area (Å²) < 4.78 is 36.9. The van der Waals surface area contributed by atoms with Gasteiger partial charge in [-0.2, -0.15) is 13.2 Å². The predicted molar refractivity (Wildman–Crippen MR) is 81.5 cm³/mol. The summed E-state index contributed by atoms with van der Waals surface area (Å²) in [5, 5.41) is 11.7. The molecule has 0 saturated carbocycles. The molecule has 24 heavy (non-hydrogen) atoms. The molecule has 0 radical (unpaired) electrons. The first-order valence-corrected chi connectivity index (χ1v) is 7.40. The van der Waals surface area contributed by atoms with Gasteiger partial charge in [0.25, 0.3) is 0 Å². The largest absolute Gasteiger partial charge is 0.480 e. The normalized spacial score (nSPS) is 13.0. The third-order valence-corrected chi connectivity index (χ3v) is 3.59. The van der Waals surface area contributed by atoms with Crippen molar-refractivity contribution in [3.05, 3.63) is 36.0 Å². The van der Waals surface area contributed by atoms with Crippen molar-refractivity contribution in [1.82, 2.24) is 10.3 Å². The molecule has 2 aromatic rings. The Morgan fingerprint density at radius 1 is 1.25 bits per heavy atom. The van der Waals surface area contributed by atoms with Crippen molar-refractivity contribution < 1.29 is 27.9 Å². The number of H-pyrrole nitrogens is 1. The standard InChI is InChI=1S/C16H17F3N2O3/c17-16(18,19)8-13(15(23)24)21-14(22)7-3-4-10-9-20-12-6-2-1-5-11(10)12/h1-2,5-6,9,13,20H,3-4,7-8H2,(H,21,22)(H,23,24). The zero-order valence-electron chi connectivity index (χ0n) is 12.7. The molecule has 1 atom stereocenters. The van der Waals surface area contributed by atoms with Crippen molar-refractivity contribution in [2.24, 2.45) is 0 Å². The minimum atomic E-state index is -4.65. The number of amides is 1. The fourth-order valence-electron chi connectivity index (χ4n) is 2.48. The third-order valence-electron chi connectivity index (χ3n) is 3.59. The second-order valence-electron chi connectivity index (χ2n) is 5.49. The quantitative estimate of drug-likeness (QED) is 0.723. The minimum absolute atomic E-state index is 0.0405. The van der Waals surface area contributed by atoms with E-state index >= 15 is 0 Å². The summed E-state index contributed by atoms with van der Waals surface area (Å²) in [4.78, 5) is 25.6. The summed E-state index contributed by atoms with van der Waals surface area (Å²) in [5.41, 5.74) is 1.97. The molecule has 0 aliphatic rings. The number of fused-ring (bicyclic) bond motifs is 1. The van der Waals surface area contributed by atoms with E-state index in [9.17, 15) is 22.8 Å². The highest BCUT2D eigenvalue weighted by atomic mass is 19.4.